The van der Waals surface area contributed by atoms with E-state index in [-0.39, 0.29) is 17.4 Å². The van der Waals surface area contributed by atoms with Crippen LogP contribution in [-0.2, 0) is 4.79 Å². The van der Waals surface area contributed by atoms with Gasteiger partial charge in [0, 0.05) is 13.1 Å². The largest absolute Gasteiger partial charge is 0.392 e. The fraction of sp³-hybridized carbons (Fsp3) is 0.917. The predicted molar refractivity (Wildman–Crippen MR) is 64.1 cm³/mol. The van der Waals surface area contributed by atoms with Crippen molar-refractivity contribution in [2.24, 2.45) is 5.41 Å². The Bertz CT molecular complexity index is 251. The molecule has 1 aliphatic rings. The summed E-state index contributed by atoms with van der Waals surface area (Å²) in [5.41, 5.74) is 0.177. The summed E-state index contributed by atoms with van der Waals surface area (Å²) >= 11 is 0. The van der Waals surface area contributed by atoms with Crippen LogP contribution in [0.5, 0.6) is 0 Å². The van der Waals surface area contributed by atoms with Gasteiger partial charge in [-0.15, -0.1) is 0 Å². The molecule has 0 aliphatic carbocycles. The number of β-amino-alcohol motifs (C(OH)–C–C–N with tert-alkyl or cyclic N) is 1. The van der Waals surface area contributed by atoms with Crippen molar-refractivity contribution in [3.05, 3.63) is 0 Å². The summed E-state index contributed by atoms with van der Waals surface area (Å²) in [5.74, 6) is 0.119. The Morgan fingerprint density at radius 3 is 2.75 bits per heavy atom. The van der Waals surface area contributed by atoms with Gasteiger partial charge in [-0.05, 0) is 32.2 Å². The second kappa shape index (κ2) is 5.15. The number of nitrogens with zero attached hydrogens (tertiary/aromatic N) is 1. The zero-order valence-corrected chi connectivity index (χ0v) is 10.8. The van der Waals surface area contributed by atoms with Gasteiger partial charge in [-0.25, -0.2) is 0 Å². The van der Waals surface area contributed by atoms with Crippen LogP contribution in [0.25, 0.3) is 0 Å². The summed E-state index contributed by atoms with van der Waals surface area (Å²) in [5, 5.41) is 12.5. The number of likely N-dealkylation sites (tertiary alicyclic amines) is 1. The second-order valence-electron chi connectivity index (χ2n) is 5.59. The number of carbonyl (C=O) groups is 1. The van der Waals surface area contributed by atoms with Crippen molar-refractivity contribution in [3.63, 3.8) is 0 Å². The normalized spacial score (nSPS) is 27.7. The molecule has 0 bridgehead atoms. The Labute approximate surface area is 98.0 Å². The first-order valence-electron chi connectivity index (χ1n) is 6.00. The number of nitrogens with one attached hydrogen (secondary N) is 1. The molecule has 2 atom stereocenters. The number of aliphatic hydroxyl groups is 1. The van der Waals surface area contributed by atoms with E-state index in [9.17, 15) is 9.90 Å². The minimum atomic E-state index is -0.456. The van der Waals surface area contributed by atoms with Crippen LogP contribution in [0.2, 0.25) is 0 Å². The van der Waals surface area contributed by atoms with Gasteiger partial charge in [0.05, 0.1) is 12.1 Å². The van der Waals surface area contributed by atoms with Crippen molar-refractivity contribution in [3.8, 4) is 0 Å². The summed E-state index contributed by atoms with van der Waals surface area (Å²) < 4.78 is 0. The molecule has 1 heterocycles. The molecule has 1 saturated heterocycles. The van der Waals surface area contributed by atoms with E-state index in [2.05, 4.69) is 19.2 Å². The molecular weight excluding hydrogens is 204 g/mol. The van der Waals surface area contributed by atoms with Crippen LogP contribution in [-0.4, -0.2) is 48.2 Å². The van der Waals surface area contributed by atoms with Crippen molar-refractivity contribution in [2.45, 2.75) is 45.8 Å². The minimum Gasteiger partial charge on any atom is -0.392 e. The zero-order valence-electron chi connectivity index (χ0n) is 10.8. The van der Waals surface area contributed by atoms with Crippen molar-refractivity contribution in [2.75, 3.05) is 20.1 Å². The molecule has 0 spiro atoms. The third-order valence-corrected chi connectivity index (χ3v) is 3.26. The highest BCUT2D eigenvalue weighted by molar-refractivity contribution is 5.82. The van der Waals surface area contributed by atoms with Crippen LogP contribution in [0.4, 0.5) is 0 Å². The molecule has 4 heteroatoms. The van der Waals surface area contributed by atoms with Crippen molar-refractivity contribution < 1.29 is 9.90 Å². The first kappa shape index (κ1) is 13.5. The van der Waals surface area contributed by atoms with E-state index in [0.29, 0.717) is 6.54 Å². The maximum atomic E-state index is 12.2. The van der Waals surface area contributed by atoms with E-state index in [0.717, 1.165) is 19.4 Å². The fourth-order valence-electron chi connectivity index (χ4n) is 2.24. The van der Waals surface area contributed by atoms with Gasteiger partial charge in [-0.1, -0.05) is 13.8 Å². The number of hydrogen-bond donors (Lipinski definition) is 2. The number of rotatable bonds is 3. The Morgan fingerprint density at radius 2 is 2.25 bits per heavy atom. The molecule has 94 valence electrons. The van der Waals surface area contributed by atoms with Crippen LogP contribution < -0.4 is 5.32 Å². The molecule has 4 nitrogen and oxygen atoms in total. The van der Waals surface area contributed by atoms with Crippen LogP contribution in [0, 0.1) is 5.41 Å². The maximum Gasteiger partial charge on any atom is 0.239 e. The molecule has 0 saturated carbocycles. The first-order chi connectivity index (χ1) is 7.35. The zero-order chi connectivity index (χ0) is 12.3. The lowest BCUT2D eigenvalue weighted by Gasteiger charge is -2.25. The van der Waals surface area contributed by atoms with Gasteiger partial charge in [-0.3, -0.25) is 4.79 Å². The molecule has 0 aromatic rings. The third kappa shape index (κ3) is 3.46. The molecule has 1 aliphatic heterocycles. The lowest BCUT2D eigenvalue weighted by molar-refractivity contribution is -0.134. The Balaban J connectivity index is 2.77. The van der Waals surface area contributed by atoms with E-state index in [1.54, 1.807) is 11.8 Å². The number of hydrogen-bond acceptors (Lipinski definition) is 3. The van der Waals surface area contributed by atoms with Crippen molar-refractivity contribution >= 4 is 5.91 Å². The van der Waals surface area contributed by atoms with Gasteiger partial charge in [0.2, 0.25) is 5.91 Å². The third-order valence-electron chi connectivity index (χ3n) is 3.26. The summed E-state index contributed by atoms with van der Waals surface area (Å²) in [4.78, 5) is 13.9. The number of likely N-dealkylation sites (N-methyl/N-ethyl adjacent to an activating group) is 1. The molecule has 0 radical (unpaired) electrons. The van der Waals surface area contributed by atoms with Gasteiger partial charge < -0.3 is 15.3 Å². The number of amides is 1. The van der Waals surface area contributed by atoms with Crippen LogP contribution in [0.3, 0.4) is 0 Å². The molecular formula is C12H24N2O2. The van der Waals surface area contributed by atoms with Gasteiger partial charge in [0.15, 0.2) is 0 Å². The van der Waals surface area contributed by atoms with Gasteiger partial charge >= 0.3 is 0 Å². The monoisotopic (exact) mass is 228 g/mol. The van der Waals surface area contributed by atoms with E-state index in [4.69, 9.17) is 0 Å². The SMILES string of the molecule is CNC1CC(C)(C)CCN(CC(C)O)C1=O. The topological polar surface area (TPSA) is 52.6 Å². The Kier molecular flexibility index (Phi) is 4.33. The summed E-state index contributed by atoms with van der Waals surface area (Å²) in [6.07, 6.45) is 1.39. The molecule has 1 rings (SSSR count). The minimum absolute atomic E-state index is 0.115. The number of aliphatic hydroxyl groups excluding tert-OH is 1. The van der Waals surface area contributed by atoms with Crippen molar-refractivity contribution in [1.29, 1.82) is 0 Å². The van der Waals surface area contributed by atoms with Gasteiger partial charge in [0.1, 0.15) is 0 Å². The summed E-state index contributed by atoms with van der Waals surface area (Å²) in [6.45, 7) is 7.28. The van der Waals surface area contributed by atoms with Gasteiger partial charge in [0.25, 0.3) is 0 Å². The predicted octanol–water partition coefficient (Wildman–Crippen LogP) is 0.604. The second-order valence-corrected chi connectivity index (χ2v) is 5.59. The van der Waals surface area contributed by atoms with E-state index >= 15 is 0 Å². The molecule has 0 aromatic carbocycles. The molecule has 1 fully saturated rings. The maximum absolute atomic E-state index is 12.2. The quantitative estimate of drug-likeness (QED) is 0.744. The molecule has 2 N–H and O–H groups in total. The lowest BCUT2D eigenvalue weighted by Crippen LogP contribution is -2.46. The molecule has 2 unspecified atom stereocenters. The molecule has 16 heavy (non-hydrogen) atoms. The lowest BCUT2D eigenvalue weighted by atomic mass is 9.83. The fourth-order valence-corrected chi connectivity index (χ4v) is 2.24. The summed E-state index contributed by atoms with van der Waals surface area (Å²) in [6, 6.07) is -0.115. The van der Waals surface area contributed by atoms with E-state index in [1.165, 1.54) is 0 Å². The van der Waals surface area contributed by atoms with Crippen molar-refractivity contribution in [1.82, 2.24) is 10.2 Å². The smallest absolute Gasteiger partial charge is 0.239 e. The standard InChI is InChI=1S/C12H24N2O2/c1-9(15)8-14-6-5-12(2,3)7-10(13-4)11(14)16/h9-10,13,15H,5-8H2,1-4H3. The average molecular weight is 228 g/mol. The highest BCUT2D eigenvalue weighted by Gasteiger charge is 2.34. The highest BCUT2D eigenvalue weighted by Crippen LogP contribution is 2.30. The Morgan fingerprint density at radius 1 is 1.62 bits per heavy atom. The summed E-state index contributed by atoms with van der Waals surface area (Å²) in [7, 11) is 1.82. The van der Waals surface area contributed by atoms with E-state index in [1.807, 2.05) is 7.05 Å². The van der Waals surface area contributed by atoms with Crippen LogP contribution in [0.1, 0.15) is 33.6 Å². The van der Waals surface area contributed by atoms with Crippen LogP contribution >= 0.6 is 0 Å². The van der Waals surface area contributed by atoms with E-state index < -0.39 is 6.10 Å². The first-order valence-corrected chi connectivity index (χ1v) is 6.00. The Hall–Kier alpha value is -0.610. The highest BCUT2D eigenvalue weighted by atomic mass is 16.3. The molecule has 0 aromatic heterocycles. The number of carbonyl (C=O) groups excluding carboxylic acids is 1. The average Bonchev–Trinajstić information content (AvgIpc) is 2.28. The molecule has 1 amide bonds. The van der Waals surface area contributed by atoms with Gasteiger partial charge in [-0.2, -0.15) is 0 Å². The van der Waals surface area contributed by atoms with Crippen LogP contribution in [0.15, 0.2) is 0 Å².